The number of benzene rings is 1. The largest absolute Gasteiger partial charge is 0.309 e. The molecule has 3 heterocycles. The Balaban J connectivity index is 1.33. The minimum Gasteiger partial charge on any atom is -0.309 e. The summed E-state index contributed by atoms with van der Waals surface area (Å²) < 4.78 is 2.34. The van der Waals surface area contributed by atoms with E-state index in [9.17, 15) is 4.79 Å². The van der Waals surface area contributed by atoms with Gasteiger partial charge in [0.1, 0.15) is 16.5 Å². The normalized spacial score (nSPS) is 17.5. The summed E-state index contributed by atoms with van der Waals surface area (Å²) in [7, 11) is 0. The highest BCUT2D eigenvalue weighted by molar-refractivity contribution is 7.99. The maximum Gasteiger partial charge on any atom is 0.260 e. The second-order valence-electron chi connectivity index (χ2n) is 8.12. The zero-order chi connectivity index (χ0) is 20.2. The Labute approximate surface area is 181 Å². The topological polar surface area (TPSA) is 76.5 Å². The highest BCUT2D eigenvalue weighted by Crippen LogP contribution is 2.47. The van der Waals surface area contributed by atoms with E-state index >= 15 is 0 Å². The smallest absolute Gasteiger partial charge is 0.260 e. The van der Waals surface area contributed by atoms with Crippen molar-refractivity contribution in [3.05, 3.63) is 57.7 Å². The second-order valence-corrected chi connectivity index (χ2v) is 10.3. The molecule has 0 spiro atoms. The molecule has 1 N–H and O–H groups in total. The standard InChI is InChI=1S/C22H21N5OS2/c1-12(30-22-26-25-19(14-7-8-14)27(22)15-9-10-15)18-23-20(28)17-16(11-29-21(17)24-18)13-5-3-2-4-6-13/h2-6,11-12,14-15H,7-10H2,1H3,(H,23,24,28). The number of rotatable bonds is 6. The average molecular weight is 436 g/mol. The molecule has 1 unspecified atom stereocenters. The number of thiophene rings is 1. The van der Waals surface area contributed by atoms with Gasteiger partial charge >= 0.3 is 0 Å². The molecule has 2 saturated carbocycles. The van der Waals surface area contributed by atoms with Crippen LogP contribution in [0.4, 0.5) is 0 Å². The van der Waals surface area contributed by atoms with E-state index in [0.717, 1.165) is 26.9 Å². The number of thioether (sulfide) groups is 1. The fourth-order valence-electron chi connectivity index (χ4n) is 3.87. The molecule has 6 rings (SSSR count). The van der Waals surface area contributed by atoms with Gasteiger partial charge in [-0.1, -0.05) is 42.1 Å². The molecule has 0 bridgehead atoms. The third kappa shape index (κ3) is 3.18. The maximum absolute atomic E-state index is 13.0. The molecule has 30 heavy (non-hydrogen) atoms. The Morgan fingerprint density at radius 3 is 2.70 bits per heavy atom. The van der Waals surface area contributed by atoms with Gasteiger partial charge in [-0.15, -0.1) is 21.5 Å². The van der Waals surface area contributed by atoms with E-state index in [1.165, 1.54) is 37.0 Å². The van der Waals surface area contributed by atoms with E-state index in [4.69, 9.17) is 4.98 Å². The van der Waals surface area contributed by atoms with Gasteiger partial charge in [-0.05, 0) is 38.2 Å². The molecule has 152 valence electrons. The minimum atomic E-state index is -0.0788. The molecular formula is C22H21N5OS2. The molecule has 2 aliphatic carbocycles. The minimum absolute atomic E-state index is 0.0156. The van der Waals surface area contributed by atoms with Crippen molar-refractivity contribution in [1.82, 2.24) is 24.7 Å². The van der Waals surface area contributed by atoms with Gasteiger partial charge in [0.2, 0.25) is 0 Å². The van der Waals surface area contributed by atoms with Gasteiger partial charge in [0.05, 0.1) is 10.6 Å². The van der Waals surface area contributed by atoms with Crippen LogP contribution in [0.15, 0.2) is 45.7 Å². The summed E-state index contributed by atoms with van der Waals surface area (Å²) in [5.41, 5.74) is 1.90. The number of nitrogens with one attached hydrogen (secondary N) is 1. The maximum atomic E-state index is 13.0. The summed E-state index contributed by atoms with van der Waals surface area (Å²) in [5, 5.41) is 12.6. The lowest BCUT2D eigenvalue weighted by Crippen LogP contribution is -2.12. The summed E-state index contributed by atoms with van der Waals surface area (Å²) >= 11 is 3.16. The first-order valence-corrected chi connectivity index (χ1v) is 12.1. The van der Waals surface area contributed by atoms with Crippen LogP contribution in [-0.2, 0) is 0 Å². The summed E-state index contributed by atoms with van der Waals surface area (Å²) in [6.07, 6.45) is 4.86. The number of H-pyrrole nitrogens is 1. The molecular weight excluding hydrogens is 414 g/mol. The van der Waals surface area contributed by atoms with E-state index in [0.29, 0.717) is 23.2 Å². The number of aromatic nitrogens is 5. The molecule has 4 aromatic rings. The number of hydrogen-bond acceptors (Lipinski definition) is 6. The number of nitrogens with zero attached hydrogens (tertiary/aromatic N) is 4. The van der Waals surface area contributed by atoms with Crippen molar-refractivity contribution in [3.8, 4) is 11.1 Å². The van der Waals surface area contributed by atoms with Crippen LogP contribution < -0.4 is 5.56 Å². The van der Waals surface area contributed by atoms with Crippen molar-refractivity contribution in [2.75, 3.05) is 0 Å². The van der Waals surface area contributed by atoms with E-state index in [1.807, 2.05) is 35.7 Å². The molecule has 3 aromatic heterocycles. The molecule has 0 radical (unpaired) electrons. The fraction of sp³-hybridized carbons (Fsp3) is 0.364. The van der Waals surface area contributed by atoms with Gasteiger partial charge in [0.25, 0.3) is 5.56 Å². The van der Waals surface area contributed by atoms with Gasteiger partial charge < -0.3 is 9.55 Å². The van der Waals surface area contributed by atoms with Crippen LogP contribution in [-0.4, -0.2) is 24.7 Å². The Morgan fingerprint density at radius 2 is 1.97 bits per heavy atom. The van der Waals surface area contributed by atoms with Crippen LogP contribution in [0.25, 0.3) is 21.3 Å². The zero-order valence-electron chi connectivity index (χ0n) is 16.5. The average Bonchev–Trinajstić information content (AvgIpc) is 3.69. The zero-order valence-corrected chi connectivity index (χ0v) is 18.2. The third-order valence-electron chi connectivity index (χ3n) is 5.76. The van der Waals surface area contributed by atoms with E-state index < -0.39 is 0 Å². The lowest BCUT2D eigenvalue weighted by Gasteiger charge is -2.12. The molecule has 8 heteroatoms. The fourth-order valence-corrected chi connectivity index (χ4v) is 5.81. The predicted molar refractivity (Wildman–Crippen MR) is 120 cm³/mol. The van der Waals surface area contributed by atoms with Crippen LogP contribution in [0.3, 0.4) is 0 Å². The van der Waals surface area contributed by atoms with Crippen molar-refractivity contribution < 1.29 is 0 Å². The Morgan fingerprint density at radius 1 is 1.17 bits per heavy atom. The first-order valence-electron chi connectivity index (χ1n) is 10.4. The van der Waals surface area contributed by atoms with Gasteiger partial charge in [0, 0.05) is 22.9 Å². The van der Waals surface area contributed by atoms with Gasteiger partial charge in [-0.25, -0.2) is 4.98 Å². The number of hydrogen-bond donors (Lipinski definition) is 1. The summed E-state index contributed by atoms with van der Waals surface area (Å²) in [6.45, 7) is 2.07. The number of aromatic amines is 1. The van der Waals surface area contributed by atoms with Crippen molar-refractivity contribution in [1.29, 1.82) is 0 Å². The van der Waals surface area contributed by atoms with Crippen molar-refractivity contribution in [2.24, 2.45) is 0 Å². The first kappa shape index (κ1) is 18.3. The molecule has 6 nitrogen and oxygen atoms in total. The lowest BCUT2D eigenvalue weighted by atomic mass is 10.1. The van der Waals surface area contributed by atoms with Crippen molar-refractivity contribution >= 4 is 33.3 Å². The molecule has 1 atom stereocenters. The third-order valence-corrected chi connectivity index (χ3v) is 7.70. The highest BCUT2D eigenvalue weighted by Gasteiger charge is 2.36. The monoisotopic (exact) mass is 435 g/mol. The molecule has 0 aliphatic heterocycles. The van der Waals surface area contributed by atoms with Crippen LogP contribution in [0.2, 0.25) is 0 Å². The van der Waals surface area contributed by atoms with Crippen LogP contribution in [0, 0.1) is 0 Å². The summed E-state index contributed by atoms with van der Waals surface area (Å²) in [6, 6.07) is 10.5. The van der Waals surface area contributed by atoms with Crippen molar-refractivity contribution in [3.63, 3.8) is 0 Å². The van der Waals surface area contributed by atoms with Crippen molar-refractivity contribution in [2.45, 2.75) is 55.0 Å². The van der Waals surface area contributed by atoms with Crippen LogP contribution >= 0.6 is 23.1 Å². The van der Waals surface area contributed by atoms with Gasteiger partial charge in [-0.2, -0.15) is 0 Å². The lowest BCUT2D eigenvalue weighted by molar-refractivity contribution is 0.625. The predicted octanol–water partition coefficient (Wildman–Crippen LogP) is 5.31. The first-order chi connectivity index (χ1) is 14.7. The highest BCUT2D eigenvalue weighted by atomic mass is 32.2. The Kier molecular flexibility index (Phi) is 4.31. The van der Waals surface area contributed by atoms with E-state index in [2.05, 4.69) is 26.7 Å². The second kappa shape index (κ2) is 7.06. The van der Waals surface area contributed by atoms with Crippen LogP contribution in [0.1, 0.15) is 61.5 Å². The van der Waals surface area contributed by atoms with Gasteiger partial charge in [0.15, 0.2) is 5.16 Å². The molecule has 0 saturated heterocycles. The van der Waals surface area contributed by atoms with Crippen LogP contribution in [0.5, 0.6) is 0 Å². The molecule has 2 fully saturated rings. The number of fused-ring (bicyclic) bond motifs is 1. The van der Waals surface area contributed by atoms with E-state index in [-0.39, 0.29) is 10.8 Å². The Hall–Kier alpha value is -2.45. The summed E-state index contributed by atoms with van der Waals surface area (Å²) in [5.74, 6) is 2.42. The SMILES string of the molecule is CC(Sc1nnc(C2CC2)n1C1CC1)c1nc2scc(-c3ccccc3)c2c(=O)[nH]1. The van der Waals surface area contributed by atoms with Gasteiger partial charge in [-0.3, -0.25) is 4.79 Å². The molecule has 1 aromatic carbocycles. The summed E-state index contributed by atoms with van der Waals surface area (Å²) in [4.78, 5) is 21.6. The quantitative estimate of drug-likeness (QED) is 0.415. The molecule has 2 aliphatic rings. The van der Waals surface area contributed by atoms with E-state index in [1.54, 1.807) is 11.8 Å². The molecule has 0 amide bonds. The Bertz CT molecular complexity index is 1280.